The van der Waals surface area contributed by atoms with Crippen molar-refractivity contribution >= 4 is 5.78 Å². The predicted molar refractivity (Wildman–Crippen MR) is 29.1 cm³/mol. The fourth-order valence-electron chi connectivity index (χ4n) is 0.327. The van der Waals surface area contributed by atoms with Crippen molar-refractivity contribution in [3.63, 3.8) is 0 Å². The van der Waals surface area contributed by atoms with E-state index in [0.717, 1.165) is 0 Å². The molecular weight excluding hydrogens is 145 g/mol. The number of ketones is 1. The maximum Gasteiger partial charge on any atom is 0.450 e. The lowest BCUT2D eigenvalue weighted by Crippen LogP contribution is -2.21. The van der Waals surface area contributed by atoms with E-state index in [4.69, 9.17) is 0 Å². The van der Waals surface area contributed by atoms with E-state index in [-0.39, 0.29) is 6.42 Å². The van der Waals surface area contributed by atoms with Crippen molar-refractivity contribution in [3.8, 4) is 12.3 Å². The van der Waals surface area contributed by atoms with Crippen molar-refractivity contribution in [1.82, 2.24) is 0 Å². The number of Topliss-reactive ketones (excluding diaryl/α,β-unsaturated/α-hetero) is 1. The Labute approximate surface area is 56.2 Å². The molecule has 4 heteroatoms. The van der Waals surface area contributed by atoms with E-state index in [1.807, 2.05) is 5.92 Å². The van der Waals surface area contributed by atoms with Gasteiger partial charge < -0.3 is 0 Å². The first-order valence-electron chi connectivity index (χ1n) is 2.52. The van der Waals surface area contributed by atoms with Crippen LogP contribution in [0, 0.1) is 12.3 Å². The predicted octanol–water partition coefficient (Wildman–Crippen LogP) is 1.53. The van der Waals surface area contributed by atoms with Gasteiger partial charge in [-0.05, 0) is 0 Å². The van der Waals surface area contributed by atoms with Crippen LogP contribution in [0.25, 0.3) is 0 Å². The highest BCUT2D eigenvalue weighted by atomic mass is 19.4. The Kier molecular flexibility index (Phi) is 2.94. The summed E-state index contributed by atoms with van der Waals surface area (Å²) in [6.07, 6.45) is -0.840. The lowest BCUT2D eigenvalue weighted by molar-refractivity contribution is -0.170. The molecule has 0 N–H and O–H groups in total. The lowest BCUT2D eigenvalue weighted by atomic mass is 10.2. The zero-order chi connectivity index (χ0) is 8.20. The van der Waals surface area contributed by atoms with Gasteiger partial charge in [-0.1, -0.05) is 0 Å². The summed E-state index contributed by atoms with van der Waals surface area (Å²) >= 11 is 0. The van der Waals surface area contributed by atoms with Crippen LogP contribution in [0.3, 0.4) is 0 Å². The molecule has 0 heterocycles. The molecule has 0 aromatic rings. The lowest BCUT2D eigenvalue weighted by Gasteiger charge is -2.01. The van der Waals surface area contributed by atoms with Crippen LogP contribution in [0.15, 0.2) is 0 Å². The molecule has 56 valence electrons. The highest BCUT2D eigenvalue weighted by molar-refractivity contribution is 5.84. The van der Waals surface area contributed by atoms with Crippen molar-refractivity contribution in [2.45, 2.75) is 19.0 Å². The van der Waals surface area contributed by atoms with Gasteiger partial charge in [0.25, 0.3) is 0 Å². The molecule has 0 aliphatic carbocycles. The van der Waals surface area contributed by atoms with Crippen LogP contribution in [0.2, 0.25) is 0 Å². The minimum absolute atomic E-state index is 0.154. The Morgan fingerprint density at radius 1 is 1.50 bits per heavy atom. The van der Waals surface area contributed by atoms with Gasteiger partial charge in [0.1, 0.15) is 0 Å². The van der Waals surface area contributed by atoms with Crippen LogP contribution in [0.5, 0.6) is 0 Å². The minimum atomic E-state index is -4.73. The highest BCUT2D eigenvalue weighted by Gasteiger charge is 2.36. The Morgan fingerprint density at radius 3 is 2.30 bits per heavy atom. The van der Waals surface area contributed by atoms with Gasteiger partial charge in [0.05, 0.1) is 0 Å². The van der Waals surface area contributed by atoms with Gasteiger partial charge in [-0.15, -0.1) is 12.3 Å². The number of hydrogen-bond acceptors (Lipinski definition) is 1. The minimum Gasteiger partial charge on any atom is -0.290 e. The average Bonchev–Trinajstić information content (AvgIpc) is 1.80. The summed E-state index contributed by atoms with van der Waals surface area (Å²) in [7, 11) is 0. The number of hydrogen-bond donors (Lipinski definition) is 0. The van der Waals surface area contributed by atoms with E-state index in [2.05, 4.69) is 6.42 Å². The largest absolute Gasteiger partial charge is 0.450 e. The van der Waals surface area contributed by atoms with Crippen LogP contribution in [0.4, 0.5) is 13.2 Å². The number of carbonyl (C=O) groups is 1. The molecule has 1 nitrogen and oxygen atoms in total. The molecule has 0 unspecified atom stereocenters. The van der Waals surface area contributed by atoms with Crippen LogP contribution >= 0.6 is 0 Å². The van der Waals surface area contributed by atoms with E-state index in [9.17, 15) is 18.0 Å². The van der Waals surface area contributed by atoms with E-state index in [0.29, 0.717) is 0 Å². The van der Waals surface area contributed by atoms with Gasteiger partial charge in [-0.2, -0.15) is 13.2 Å². The van der Waals surface area contributed by atoms with Crippen molar-refractivity contribution in [1.29, 1.82) is 0 Å². The summed E-state index contributed by atoms with van der Waals surface area (Å²) in [5.74, 6) is 0.191. The van der Waals surface area contributed by atoms with Crippen LogP contribution < -0.4 is 0 Å². The van der Waals surface area contributed by atoms with Crippen LogP contribution in [-0.4, -0.2) is 12.0 Å². The number of halogens is 3. The summed E-state index contributed by atoms with van der Waals surface area (Å²) in [6, 6.07) is 0. The van der Waals surface area contributed by atoms with Gasteiger partial charge in [0, 0.05) is 12.8 Å². The third-order valence-corrected chi connectivity index (χ3v) is 0.813. The normalized spacial score (nSPS) is 10.6. The number of carbonyl (C=O) groups excluding carboxylic acids is 1. The van der Waals surface area contributed by atoms with Gasteiger partial charge in [-0.3, -0.25) is 4.79 Å². The Bertz CT molecular complexity index is 163. The molecule has 0 radical (unpaired) electrons. The molecule has 0 bridgehead atoms. The van der Waals surface area contributed by atoms with Crippen LogP contribution in [-0.2, 0) is 4.79 Å². The second-order valence-corrected chi connectivity index (χ2v) is 1.63. The maximum absolute atomic E-state index is 11.4. The first-order valence-corrected chi connectivity index (χ1v) is 2.52. The van der Waals surface area contributed by atoms with Gasteiger partial charge in [-0.25, -0.2) is 0 Å². The second kappa shape index (κ2) is 3.25. The Morgan fingerprint density at radius 2 is 2.00 bits per heavy atom. The summed E-state index contributed by atoms with van der Waals surface area (Å²) in [6.45, 7) is 0. The highest BCUT2D eigenvalue weighted by Crippen LogP contribution is 2.18. The quantitative estimate of drug-likeness (QED) is 0.545. The van der Waals surface area contributed by atoms with Gasteiger partial charge in [0.15, 0.2) is 0 Å². The van der Waals surface area contributed by atoms with E-state index in [1.54, 1.807) is 0 Å². The molecule has 0 amide bonds. The molecule has 0 fully saturated rings. The molecule has 10 heavy (non-hydrogen) atoms. The third kappa shape index (κ3) is 3.13. The van der Waals surface area contributed by atoms with Crippen LogP contribution in [0.1, 0.15) is 12.8 Å². The maximum atomic E-state index is 11.4. The zero-order valence-electron chi connectivity index (χ0n) is 5.03. The first-order chi connectivity index (χ1) is 4.48. The molecule has 0 atom stereocenters. The zero-order valence-corrected chi connectivity index (χ0v) is 5.03. The van der Waals surface area contributed by atoms with Gasteiger partial charge in [0.2, 0.25) is 5.78 Å². The first kappa shape index (κ1) is 9.02. The van der Waals surface area contributed by atoms with Crippen molar-refractivity contribution in [3.05, 3.63) is 0 Å². The fraction of sp³-hybridized carbons (Fsp3) is 0.500. The molecule has 0 spiro atoms. The molecule has 0 saturated heterocycles. The molecule has 0 aromatic carbocycles. The summed E-state index contributed by atoms with van der Waals surface area (Å²) in [4.78, 5) is 10.0. The summed E-state index contributed by atoms with van der Waals surface area (Å²) < 4.78 is 34.1. The monoisotopic (exact) mass is 150 g/mol. The molecule has 0 aliphatic heterocycles. The molecule has 0 rings (SSSR count). The summed E-state index contributed by atoms with van der Waals surface area (Å²) in [5, 5.41) is 0. The SMILES string of the molecule is C#CCCC(=O)C(F)(F)F. The van der Waals surface area contributed by atoms with E-state index >= 15 is 0 Å². The van der Waals surface area contributed by atoms with E-state index in [1.165, 1.54) is 0 Å². The molecular formula is C6H5F3O. The number of alkyl halides is 3. The van der Waals surface area contributed by atoms with Crippen molar-refractivity contribution in [2.24, 2.45) is 0 Å². The topological polar surface area (TPSA) is 17.1 Å². The molecule has 0 saturated carbocycles. The number of terminal acetylenes is 1. The average molecular weight is 150 g/mol. The number of rotatable bonds is 2. The van der Waals surface area contributed by atoms with Crippen molar-refractivity contribution < 1.29 is 18.0 Å². The summed E-state index contributed by atoms with van der Waals surface area (Å²) in [5.41, 5.74) is 0. The Balaban J connectivity index is 3.78. The standard InChI is InChI=1S/C6H5F3O/c1-2-3-4-5(10)6(7,8)9/h1H,3-4H2. The molecule has 0 aromatic heterocycles. The van der Waals surface area contributed by atoms with E-state index < -0.39 is 18.4 Å². The van der Waals surface area contributed by atoms with Gasteiger partial charge >= 0.3 is 6.18 Å². The molecule has 0 aliphatic rings. The second-order valence-electron chi connectivity index (χ2n) is 1.63. The third-order valence-electron chi connectivity index (χ3n) is 0.813. The smallest absolute Gasteiger partial charge is 0.290 e. The van der Waals surface area contributed by atoms with Crippen molar-refractivity contribution in [2.75, 3.05) is 0 Å². The Hall–Kier alpha value is -0.980. The fourth-order valence-corrected chi connectivity index (χ4v) is 0.327.